The highest BCUT2D eigenvalue weighted by molar-refractivity contribution is 7.88. The van der Waals surface area contributed by atoms with Crippen LogP contribution in [0.25, 0.3) is 0 Å². The average Bonchev–Trinajstić information content (AvgIpc) is 3.12. The fraction of sp³-hybridized carbons (Fsp3) is 0.480. The van der Waals surface area contributed by atoms with Crippen LogP contribution in [0.15, 0.2) is 54.6 Å². The van der Waals surface area contributed by atoms with E-state index < -0.39 is 34.1 Å². The first kappa shape index (κ1) is 26.2. The van der Waals surface area contributed by atoms with Crippen molar-refractivity contribution in [3.63, 3.8) is 0 Å². The van der Waals surface area contributed by atoms with E-state index in [0.29, 0.717) is 30.8 Å². The molecule has 8 nitrogen and oxygen atoms in total. The standard InChI is InChI=1S/C25H36N4O4S/c1-18(2)14-22(28-34(32,33)17-20-10-6-7-11-21(20)26)25(31)27-23-15-29(16-24(23)30)13-12-19-8-4-3-5-9-19/h3-11,18,22-24,28,30H,12-17,26H2,1-2H3,(H,27,31)/t22-,23?,24?/m0/s1. The molecule has 2 unspecified atom stereocenters. The van der Waals surface area contributed by atoms with Crippen LogP contribution in [0.5, 0.6) is 0 Å². The Morgan fingerprint density at radius 1 is 1.12 bits per heavy atom. The van der Waals surface area contributed by atoms with Gasteiger partial charge in [-0.25, -0.2) is 13.1 Å². The fourth-order valence-corrected chi connectivity index (χ4v) is 5.61. The summed E-state index contributed by atoms with van der Waals surface area (Å²) in [4.78, 5) is 15.2. The number of hydrogen-bond acceptors (Lipinski definition) is 6. The van der Waals surface area contributed by atoms with Crippen LogP contribution in [0, 0.1) is 5.92 Å². The van der Waals surface area contributed by atoms with Gasteiger partial charge >= 0.3 is 0 Å². The normalized spacial score (nSPS) is 19.9. The molecule has 186 valence electrons. The van der Waals surface area contributed by atoms with E-state index in [9.17, 15) is 18.3 Å². The molecule has 1 fully saturated rings. The van der Waals surface area contributed by atoms with Crippen LogP contribution in [-0.2, 0) is 27.0 Å². The van der Waals surface area contributed by atoms with Crippen molar-refractivity contribution < 1.29 is 18.3 Å². The lowest BCUT2D eigenvalue weighted by Crippen LogP contribution is -2.53. The number of nitrogen functional groups attached to an aromatic ring is 1. The maximum absolute atomic E-state index is 13.1. The van der Waals surface area contributed by atoms with Gasteiger partial charge in [-0.15, -0.1) is 0 Å². The van der Waals surface area contributed by atoms with Crippen molar-refractivity contribution in [1.82, 2.24) is 14.9 Å². The minimum Gasteiger partial charge on any atom is -0.398 e. The Bertz CT molecular complexity index is 1050. The molecule has 1 aliphatic heterocycles. The lowest BCUT2D eigenvalue weighted by atomic mass is 10.0. The van der Waals surface area contributed by atoms with E-state index in [-0.39, 0.29) is 11.7 Å². The van der Waals surface area contributed by atoms with Crippen LogP contribution in [0.2, 0.25) is 0 Å². The minimum atomic E-state index is -3.81. The van der Waals surface area contributed by atoms with Crippen molar-refractivity contribution >= 4 is 21.6 Å². The highest BCUT2D eigenvalue weighted by Crippen LogP contribution is 2.16. The number of carbonyl (C=O) groups excluding carboxylic acids is 1. The second-order valence-corrected chi connectivity index (χ2v) is 11.2. The van der Waals surface area contributed by atoms with E-state index >= 15 is 0 Å². The first-order chi connectivity index (χ1) is 16.1. The number of nitrogens with two attached hydrogens (primary N) is 1. The SMILES string of the molecule is CC(C)C[C@H](NS(=O)(=O)Cc1ccccc1N)C(=O)NC1CN(CCc2ccccc2)CC1O. The number of rotatable bonds is 11. The van der Waals surface area contributed by atoms with Gasteiger partial charge in [-0.2, -0.15) is 0 Å². The zero-order valence-corrected chi connectivity index (χ0v) is 20.7. The molecule has 2 aromatic rings. The molecule has 2 aromatic carbocycles. The summed E-state index contributed by atoms with van der Waals surface area (Å²) in [7, 11) is -3.81. The van der Waals surface area contributed by atoms with Gasteiger partial charge in [-0.05, 0) is 36.0 Å². The monoisotopic (exact) mass is 488 g/mol. The second kappa shape index (κ2) is 11.8. The zero-order chi connectivity index (χ0) is 24.7. The van der Waals surface area contributed by atoms with E-state index in [4.69, 9.17) is 5.73 Å². The third-order valence-corrected chi connectivity index (χ3v) is 7.33. The summed E-state index contributed by atoms with van der Waals surface area (Å²) < 4.78 is 28.2. The van der Waals surface area contributed by atoms with Crippen molar-refractivity contribution in [2.24, 2.45) is 5.92 Å². The van der Waals surface area contributed by atoms with Gasteiger partial charge in [0, 0.05) is 25.3 Å². The van der Waals surface area contributed by atoms with Crippen molar-refractivity contribution in [2.75, 3.05) is 25.4 Å². The van der Waals surface area contributed by atoms with Crippen molar-refractivity contribution in [3.8, 4) is 0 Å². The molecule has 0 aliphatic carbocycles. The Balaban J connectivity index is 1.59. The lowest BCUT2D eigenvalue weighted by molar-refractivity contribution is -0.124. The molecule has 3 rings (SSSR count). The third kappa shape index (κ3) is 7.80. The summed E-state index contributed by atoms with van der Waals surface area (Å²) in [5, 5.41) is 13.4. The fourth-order valence-electron chi connectivity index (χ4n) is 4.21. The Kier molecular flexibility index (Phi) is 9.07. The van der Waals surface area contributed by atoms with E-state index in [0.717, 1.165) is 13.0 Å². The number of nitrogens with one attached hydrogen (secondary N) is 2. The molecule has 1 heterocycles. The maximum atomic E-state index is 13.1. The summed E-state index contributed by atoms with van der Waals surface area (Å²) >= 11 is 0. The predicted molar refractivity (Wildman–Crippen MR) is 134 cm³/mol. The van der Waals surface area contributed by atoms with Crippen LogP contribution in [0.1, 0.15) is 31.4 Å². The molecule has 0 radical (unpaired) electrons. The molecular weight excluding hydrogens is 452 g/mol. The van der Waals surface area contributed by atoms with Crippen LogP contribution in [-0.4, -0.2) is 62.2 Å². The molecule has 0 bridgehead atoms. The van der Waals surface area contributed by atoms with Gasteiger partial charge in [-0.1, -0.05) is 62.4 Å². The van der Waals surface area contributed by atoms with Crippen LogP contribution in [0.3, 0.4) is 0 Å². The first-order valence-corrected chi connectivity index (χ1v) is 13.4. The number of aliphatic hydroxyl groups excluding tert-OH is 1. The predicted octanol–water partition coefficient (Wildman–Crippen LogP) is 1.51. The molecule has 34 heavy (non-hydrogen) atoms. The number of sulfonamides is 1. The van der Waals surface area contributed by atoms with Crippen molar-refractivity contribution in [1.29, 1.82) is 0 Å². The quantitative estimate of drug-likeness (QED) is 0.356. The largest absolute Gasteiger partial charge is 0.398 e. The van der Waals surface area contributed by atoms with Crippen LogP contribution >= 0.6 is 0 Å². The summed E-state index contributed by atoms with van der Waals surface area (Å²) in [6, 6.07) is 15.5. The topological polar surface area (TPSA) is 125 Å². The molecule has 0 saturated carbocycles. The summed E-state index contributed by atoms with van der Waals surface area (Å²) in [5.74, 6) is -0.635. The number of likely N-dealkylation sites (tertiary alicyclic amines) is 1. The summed E-state index contributed by atoms with van der Waals surface area (Å²) in [5.41, 5.74) is 7.99. The molecule has 1 amide bonds. The third-order valence-electron chi connectivity index (χ3n) is 6.00. The number of nitrogens with zero attached hydrogens (tertiary/aromatic N) is 1. The van der Waals surface area contributed by atoms with E-state index in [1.807, 2.05) is 32.0 Å². The van der Waals surface area contributed by atoms with Gasteiger partial charge in [0.1, 0.15) is 6.04 Å². The number of anilines is 1. The van der Waals surface area contributed by atoms with Crippen molar-refractivity contribution in [2.45, 2.75) is 50.6 Å². The number of para-hydroxylation sites is 1. The second-order valence-electron chi connectivity index (χ2n) is 9.44. The number of aliphatic hydroxyl groups is 1. The Labute approximate surface area is 202 Å². The van der Waals surface area contributed by atoms with Crippen LogP contribution in [0.4, 0.5) is 5.69 Å². The molecule has 0 spiro atoms. The highest BCUT2D eigenvalue weighted by Gasteiger charge is 2.34. The molecule has 9 heteroatoms. The smallest absolute Gasteiger partial charge is 0.238 e. The maximum Gasteiger partial charge on any atom is 0.238 e. The van der Waals surface area contributed by atoms with Gasteiger partial charge in [0.25, 0.3) is 0 Å². The van der Waals surface area contributed by atoms with Gasteiger partial charge in [0.2, 0.25) is 15.9 Å². The molecule has 1 saturated heterocycles. The number of β-amino-alcohol motifs (C(OH)–C–C–N with tert-alkyl or cyclic N) is 1. The molecule has 3 atom stereocenters. The Hall–Kier alpha value is -2.46. The van der Waals surface area contributed by atoms with Gasteiger partial charge in [0.05, 0.1) is 17.9 Å². The molecule has 5 N–H and O–H groups in total. The van der Waals surface area contributed by atoms with Crippen molar-refractivity contribution in [3.05, 3.63) is 65.7 Å². The Morgan fingerprint density at radius 3 is 2.47 bits per heavy atom. The van der Waals surface area contributed by atoms with E-state index in [1.54, 1.807) is 24.3 Å². The van der Waals surface area contributed by atoms with E-state index in [1.165, 1.54) is 5.56 Å². The number of benzene rings is 2. The summed E-state index contributed by atoms with van der Waals surface area (Å²) in [6.45, 7) is 5.61. The first-order valence-electron chi connectivity index (χ1n) is 11.7. The molecule has 1 aliphatic rings. The Morgan fingerprint density at radius 2 is 1.79 bits per heavy atom. The van der Waals surface area contributed by atoms with E-state index in [2.05, 4.69) is 27.1 Å². The number of carbonyl (C=O) groups is 1. The van der Waals surface area contributed by atoms with Crippen LogP contribution < -0.4 is 15.8 Å². The lowest BCUT2D eigenvalue weighted by Gasteiger charge is -2.24. The zero-order valence-electron chi connectivity index (χ0n) is 19.9. The average molecular weight is 489 g/mol. The van der Waals surface area contributed by atoms with Gasteiger partial charge in [0.15, 0.2) is 0 Å². The minimum absolute atomic E-state index is 0.0936. The summed E-state index contributed by atoms with van der Waals surface area (Å²) in [6.07, 6.45) is 0.489. The number of amides is 1. The molecule has 0 aromatic heterocycles. The highest BCUT2D eigenvalue weighted by atomic mass is 32.2. The van der Waals surface area contributed by atoms with Gasteiger partial charge < -0.3 is 16.2 Å². The van der Waals surface area contributed by atoms with Gasteiger partial charge in [-0.3, -0.25) is 9.69 Å². The number of hydrogen-bond donors (Lipinski definition) is 4. The molecular formula is C25H36N4O4S.